The molecule has 1 heterocycles. The minimum absolute atomic E-state index is 0.166. The SMILES string of the molecule is CC/C=C(/C=C(/C=O)Nc1cccc(CN)c1)C(F)(F)F.Cc1cc(C(N)(CCC2CC2)c2cccnc2)ccc1F. The van der Waals surface area contributed by atoms with Crippen LogP contribution < -0.4 is 16.8 Å². The fourth-order valence-electron chi connectivity index (χ4n) is 4.53. The van der Waals surface area contributed by atoms with Gasteiger partial charge in [-0.3, -0.25) is 9.78 Å². The second-order valence-electron chi connectivity index (χ2n) is 10.5. The molecule has 9 heteroatoms. The van der Waals surface area contributed by atoms with E-state index in [9.17, 15) is 22.4 Å². The van der Waals surface area contributed by atoms with Gasteiger partial charge >= 0.3 is 6.18 Å². The van der Waals surface area contributed by atoms with Crippen LogP contribution in [-0.4, -0.2) is 17.4 Å². The molecule has 224 valence electrons. The third-order valence-electron chi connectivity index (χ3n) is 7.13. The lowest BCUT2D eigenvalue weighted by Crippen LogP contribution is -2.38. The highest BCUT2D eigenvalue weighted by Crippen LogP contribution is 2.40. The first-order valence-corrected chi connectivity index (χ1v) is 14.0. The summed E-state index contributed by atoms with van der Waals surface area (Å²) in [5.41, 5.74) is 14.6. The van der Waals surface area contributed by atoms with E-state index in [1.54, 1.807) is 44.3 Å². The van der Waals surface area contributed by atoms with E-state index in [0.717, 1.165) is 47.6 Å². The molecule has 1 unspecified atom stereocenters. The minimum Gasteiger partial charge on any atom is -0.353 e. The standard InChI is InChI=1S/C18H21FN2.C15H17F3N2O/c1-13-11-15(6-7-17(13)19)18(20,9-8-14-4-5-14)16-3-2-10-21-12-16;1-2-4-12(15(16,17)18)8-14(10-21)20-13-6-3-5-11(7-13)9-19/h2-3,6-7,10-12,14H,4-5,8-9,20H2,1H3;3-8,10,20H,2,9,19H2,1H3/b;12-4-,14-8-. The molecular formula is C33H38F4N4O. The van der Waals surface area contributed by atoms with Crippen LogP contribution >= 0.6 is 0 Å². The Morgan fingerprint density at radius 3 is 2.43 bits per heavy atom. The van der Waals surface area contributed by atoms with Crippen LogP contribution in [0.4, 0.5) is 23.2 Å². The normalized spacial score (nSPS) is 15.3. The summed E-state index contributed by atoms with van der Waals surface area (Å²) >= 11 is 0. The molecule has 3 aromatic rings. The number of anilines is 1. The van der Waals surface area contributed by atoms with Gasteiger partial charge in [-0.1, -0.05) is 56.2 Å². The van der Waals surface area contributed by atoms with Crippen molar-refractivity contribution in [1.82, 2.24) is 4.98 Å². The second kappa shape index (κ2) is 14.9. The lowest BCUT2D eigenvalue weighted by molar-refractivity contribution is -0.104. The molecule has 0 spiro atoms. The predicted octanol–water partition coefficient (Wildman–Crippen LogP) is 7.46. The molecule has 1 aliphatic rings. The Labute approximate surface area is 244 Å². The Hall–Kier alpha value is -3.82. The number of benzene rings is 2. The van der Waals surface area contributed by atoms with Gasteiger partial charge in [-0.15, -0.1) is 0 Å². The summed E-state index contributed by atoms with van der Waals surface area (Å²) in [5.74, 6) is 0.626. The fraction of sp³-hybridized carbons (Fsp3) is 0.333. The molecular weight excluding hydrogens is 544 g/mol. The molecule has 4 rings (SSSR count). The molecule has 42 heavy (non-hydrogen) atoms. The smallest absolute Gasteiger partial charge is 0.353 e. The lowest BCUT2D eigenvalue weighted by atomic mass is 9.80. The number of carbonyl (C=O) groups is 1. The summed E-state index contributed by atoms with van der Waals surface area (Å²) in [5, 5.41) is 2.66. The number of aldehydes is 1. The van der Waals surface area contributed by atoms with Crippen molar-refractivity contribution in [2.45, 2.75) is 64.2 Å². The molecule has 0 amide bonds. The van der Waals surface area contributed by atoms with Gasteiger partial charge in [0.25, 0.3) is 0 Å². The summed E-state index contributed by atoms with van der Waals surface area (Å²) in [6.45, 7) is 3.68. The van der Waals surface area contributed by atoms with Crippen molar-refractivity contribution in [3.63, 3.8) is 0 Å². The first kappa shape index (κ1) is 32.7. The van der Waals surface area contributed by atoms with E-state index in [0.29, 0.717) is 24.1 Å². The number of pyridine rings is 1. The maximum Gasteiger partial charge on any atom is 0.416 e. The Balaban J connectivity index is 0.000000230. The van der Waals surface area contributed by atoms with E-state index in [1.807, 2.05) is 30.5 Å². The number of rotatable bonds is 11. The highest BCUT2D eigenvalue weighted by atomic mass is 19.4. The molecule has 0 bridgehead atoms. The van der Waals surface area contributed by atoms with Gasteiger partial charge in [0.15, 0.2) is 6.29 Å². The summed E-state index contributed by atoms with van der Waals surface area (Å²) < 4.78 is 51.9. The van der Waals surface area contributed by atoms with Gasteiger partial charge < -0.3 is 16.8 Å². The summed E-state index contributed by atoms with van der Waals surface area (Å²) in [6, 6.07) is 15.9. The zero-order valence-electron chi connectivity index (χ0n) is 23.9. The number of hydrogen-bond donors (Lipinski definition) is 3. The second-order valence-corrected chi connectivity index (χ2v) is 10.5. The van der Waals surface area contributed by atoms with Crippen molar-refractivity contribution in [1.29, 1.82) is 0 Å². The largest absolute Gasteiger partial charge is 0.416 e. The van der Waals surface area contributed by atoms with Gasteiger partial charge in [0.1, 0.15) is 5.82 Å². The molecule has 2 aromatic carbocycles. The topological polar surface area (TPSA) is 94.0 Å². The summed E-state index contributed by atoms with van der Waals surface area (Å²) in [7, 11) is 0. The third-order valence-corrected chi connectivity index (χ3v) is 7.13. The zero-order chi connectivity index (χ0) is 30.8. The van der Waals surface area contributed by atoms with Crippen LogP contribution in [0.25, 0.3) is 0 Å². The number of nitrogens with one attached hydrogen (secondary N) is 1. The summed E-state index contributed by atoms with van der Waals surface area (Å²) in [4.78, 5) is 15.2. The number of alkyl halides is 3. The minimum atomic E-state index is -4.49. The van der Waals surface area contributed by atoms with Crippen LogP contribution in [0, 0.1) is 18.7 Å². The zero-order valence-corrected chi connectivity index (χ0v) is 23.9. The Kier molecular flexibility index (Phi) is 11.6. The third kappa shape index (κ3) is 9.36. The average Bonchev–Trinajstić information content (AvgIpc) is 3.82. The number of allylic oxidation sites excluding steroid dienone is 4. The van der Waals surface area contributed by atoms with Crippen molar-refractivity contribution in [2.75, 3.05) is 5.32 Å². The lowest BCUT2D eigenvalue weighted by Gasteiger charge is -2.31. The van der Waals surface area contributed by atoms with E-state index >= 15 is 0 Å². The van der Waals surface area contributed by atoms with Crippen molar-refractivity contribution in [2.24, 2.45) is 17.4 Å². The van der Waals surface area contributed by atoms with Crippen molar-refractivity contribution >= 4 is 12.0 Å². The van der Waals surface area contributed by atoms with Crippen molar-refractivity contribution in [3.8, 4) is 0 Å². The van der Waals surface area contributed by atoms with Crippen LogP contribution in [-0.2, 0) is 16.9 Å². The number of carbonyl (C=O) groups excluding carboxylic acids is 1. The van der Waals surface area contributed by atoms with Gasteiger partial charge in [0.05, 0.1) is 16.8 Å². The van der Waals surface area contributed by atoms with Gasteiger partial charge in [-0.2, -0.15) is 13.2 Å². The number of nitrogens with zero attached hydrogens (tertiary/aromatic N) is 1. The van der Waals surface area contributed by atoms with Crippen LogP contribution in [0.3, 0.4) is 0 Å². The van der Waals surface area contributed by atoms with Gasteiger partial charge in [0, 0.05) is 24.6 Å². The number of aryl methyl sites for hydroxylation is 1. The highest BCUT2D eigenvalue weighted by Gasteiger charge is 2.33. The fourth-order valence-corrected chi connectivity index (χ4v) is 4.53. The Morgan fingerprint density at radius 2 is 1.86 bits per heavy atom. The Morgan fingerprint density at radius 1 is 1.10 bits per heavy atom. The molecule has 1 fully saturated rings. The van der Waals surface area contributed by atoms with Gasteiger partial charge in [-0.25, -0.2) is 4.39 Å². The van der Waals surface area contributed by atoms with Gasteiger partial charge in [0.2, 0.25) is 0 Å². The van der Waals surface area contributed by atoms with Crippen LogP contribution in [0.15, 0.2) is 90.4 Å². The first-order valence-electron chi connectivity index (χ1n) is 14.0. The first-order chi connectivity index (χ1) is 20.0. The maximum absolute atomic E-state index is 13.6. The van der Waals surface area contributed by atoms with Crippen LogP contribution in [0.2, 0.25) is 0 Å². The monoisotopic (exact) mass is 582 g/mol. The van der Waals surface area contributed by atoms with Gasteiger partial charge in [-0.05, 0) is 84.7 Å². The number of nitrogens with two attached hydrogens (primary N) is 2. The van der Waals surface area contributed by atoms with E-state index in [2.05, 4.69) is 10.3 Å². The number of halogens is 4. The van der Waals surface area contributed by atoms with Crippen molar-refractivity contribution in [3.05, 3.63) is 118 Å². The van der Waals surface area contributed by atoms with E-state index in [-0.39, 0.29) is 17.9 Å². The van der Waals surface area contributed by atoms with Crippen molar-refractivity contribution < 1.29 is 22.4 Å². The number of aromatic nitrogens is 1. The molecule has 1 aromatic heterocycles. The molecule has 0 saturated heterocycles. The van der Waals surface area contributed by atoms with E-state index in [1.165, 1.54) is 18.9 Å². The van der Waals surface area contributed by atoms with Crippen LogP contribution in [0.1, 0.15) is 61.3 Å². The molecule has 5 N–H and O–H groups in total. The highest BCUT2D eigenvalue weighted by molar-refractivity contribution is 5.80. The number of hydrogen-bond acceptors (Lipinski definition) is 5. The molecule has 5 nitrogen and oxygen atoms in total. The molecule has 1 saturated carbocycles. The predicted molar refractivity (Wildman–Crippen MR) is 159 cm³/mol. The Bertz CT molecular complexity index is 1380. The average molecular weight is 583 g/mol. The summed E-state index contributed by atoms with van der Waals surface area (Å²) in [6.07, 6.45) is 6.09. The molecule has 1 aliphatic carbocycles. The van der Waals surface area contributed by atoms with E-state index < -0.39 is 17.3 Å². The molecule has 1 atom stereocenters. The maximum atomic E-state index is 13.6. The quantitative estimate of drug-likeness (QED) is 0.0944. The molecule has 0 radical (unpaired) electrons. The molecule has 0 aliphatic heterocycles. The van der Waals surface area contributed by atoms with E-state index in [4.69, 9.17) is 11.5 Å². The van der Waals surface area contributed by atoms with Crippen LogP contribution in [0.5, 0.6) is 0 Å².